The van der Waals surface area contributed by atoms with Gasteiger partial charge in [-0.05, 0) is 67.6 Å². The van der Waals surface area contributed by atoms with Crippen molar-refractivity contribution in [3.05, 3.63) is 64.7 Å². The molecule has 30 heavy (non-hydrogen) atoms. The first kappa shape index (κ1) is 20.1. The molecule has 0 aliphatic carbocycles. The van der Waals surface area contributed by atoms with Crippen LogP contribution in [0.3, 0.4) is 0 Å². The van der Waals surface area contributed by atoms with Crippen molar-refractivity contribution >= 4 is 17.5 Å². The Morgan fingerprint density at radius 1 is 1.17 bits per heavy atom. The van der Waals surface area contributed by atoms with Gasteiger partial charge in [0.1, 0.15) is 0 Å². The zero-order chi connectivity index (χ0) is 21.1. The van der Waals surface area contributed by atoms with Crippen molar-refractivity contribution in [2.45, 2.75) is 32.2 Å². The molecule has 6 heteroatoms. The third kappa shape index (κ3) is 4.07. The first-order chi connectivity index (χ1) is 14.6. The predicted octanol–water partition coefficient (Wildman–Crippen LogP) is 3.36. The van der Waals surface area contributed by atoms with Crippen molar-refractivity contribution in [3.8, 4) is 6.07 Å². The lowest BCUT2D eigenvalue weighted by atomic mass is 9.98. The molecule has 0 saturated carbocycles. The SMILES string of the molecule is CC(NC(=O)c1ccc(C#N)cc1)c1ccc2c(c1)CCN2C(=O)C1CCOCC1. The average Bonchev–Trinajstić information content (AvgIpc) is 3.22. The van der Waals surface area contributed by atoms with E-state index >= 15 is 0 Å². The molecule has 6 nitrogen and oxygen atoms in total. The minimum atomic E-state index is -0.177. The van der Waals surface area contributed by atoms with Gasteiger partial charge in [-0.3, -0.25) is 9.59 Å². The van der Waals surface area contributed by atoms with Crippen LogP contribution in [0, 0.1) is 17.2 Å². The fourth-order valence-electron chi connectivity index (χ4n) is 4.14. The normalized spacial score (nSPS) is 17.1. The topological polar surface area (TPSA) is 82.4 Å². The highest BCUT2D eigenvalue weighted by Crippen LogP contribution is 2.33. The molecular weight excluding hydrogens is 378 g/mol. The van der Waals surface area contributed by atoms with Gasteiger partial charge in [-0.1, -0.05) is 12.1 Å². The maximum absolute atomic E-state index is 12.9. The van der Waals surface area contributed by atoms with Gasteiger partial charge in [0.2, 0.25) is 5.91 Å². The highest BCUT2D eigenvalue weighted by atomic mass is 16.5. The Labute approximate surface area is 176 Å². The van der Waals surface area contributed by atoms with E-state index in [1.165, 1.54) is 0 Å². The van der Waals surface area contributed by atoms with Gasteiger partial charge in [-0.2, -0.15) is 5.26 Å². The Morgan fingerprint density at radius 3 is 2.60 bits per heavy atom. The molecule has 1 saturated heterocycles. The molecule has 154 valence electrons. The quantitative estimate of drug-likeness (QED) is 0.849. The van der Waals surface area contributed by atoms with Gasteiger partial charge in [0.25, 0.3) is 5.91 Å². The van der Waals surface area contributed by atoms with Crippen molar-refractivity contribution in [2.24, 2.45) is 5.92 Å². The molecule has 1 N–H and O–H groups in total. The molecule has 0 bridgehead atoms. The van der Waals surface area contributed by atoms with E-state index in [0.717, 1.165) is 36.1 Å². The summed E-state index contributed by atoms with van der Waals surface area (Å²) in [6, 6.07) is 14.5. The second-order valence-corrected chi connectivity index (χ2v) is 7.90. The van der Waals surface area contributed by atoms with E-state index in [-0.39, 0.29) is 23.8 Å². The van der Waals surface area contributed by atoms with E-state index in [9.17, 15) is 9.59 Å². The van der Waals surface area contributed by atoms with E-state index in [2.05, 4.69) is 11.4 Å². The molecule has 2 aliphatic heterocycles. The van der Waals surface area contributed by atoms with Gasteiger partial charge < -0.3 is 15.0 Å². The molecule has 0 radical (unpaired) electrons. The van der Waals surface area contributed by atoms with Gasteiger partial charge in [-0.15, -0.1) is 0 Å². The molecule has 0 spiro atoms. The Morgan fingerprint density at radius 2 is 1.90 bits per heavy atom. The van der Waals surface area contributed by atoms with E-state index in [0.29, 0.717) is 30.9 Å². The van der Waals surface area contributed by atoms with Crippen LogP contribution in [-0.4, -0.2) is 31.6 Å². The van der Waals surface area contributed by atoms with Crippen LogP contribution in [0.2, 0.25) is 0 Å². The van der Waals surface area contributed by atoms with E-state index < -0.39 is 0 Å². The first-order valence-corrected chi connectivity index (χ1v) is 10.4. The fraction of sp³-hybridized carbons (Fsp3) is 0.375. The highest BCUT2D eigenvalue weighted by Gasteiger charge is 2.31. The van der Waals surface area contributed by atoms with Crippen LogP contribution in [-0.2, 0) is 16.0 Å². The predicted molar refractivity (Wildman–Crippen MR) is 113 cm³/mol. The van der Waals surface area contributed by atoms with Gasteiger partial charge >= 0.3 is 0 Å². The molecular formula is C24H25N3O3. The summed E-state index contributed by atoms with van der Waals surface area (Å²) in [6.07, 6.45) is 2.41. The molecule has 1 unspecified atom stereocenters. The summed E-state index contributed by atoms with van der Waals surface area (Å²) in [5.74, 6) is 0.0748. The third-order valence-corrected chi connectivity index (χ3v) is 5.96. The van der Waals surface area contributed by atoms with Crippen LogP contribution in [0.15, 0.2) is 42.5 Å². The number of carbonyl (C=O) groups is 2. The molecule has 2 aliphatic rings. The largest absolute Gasteiger partial charge is 0.381 e. The number of benzene rings is 2. The number of nitriles is 1. The standard InChI is InChI=1S/C24H25N3O3/c1-16(26-23(28)18-4-2-17(15-25)3-5-18)20-6-7-22-21(14-20)8-11-27(22)24(29)19-9-12-30-13-10-19/h2-7,14,16,19H,8-13H2,1H3,(H,26,28). The van der Waals surface area contributed by atoms with Crippen molar-refractivity contribution in [2.75, 3.05) is 24.7 Å². The van der Waals surface area contributed by atoms with Gasteiger partial charge in [0.05, 0.1) is 17.7 Å². The number of carbonyl (C=O) groups excluding carboxylic acids is 2. The lowest BCUT2D eigenvalue weighted by Crippen LogP contribution is -2.37. The molecule has 4 rings (SSSR count). The summed E-state index contributed by atoms with van der Waals surface area (Å²) in [6.45, 7) is 3.98. The van der Waals surface area contributed by atoms with Crippen LogP contribution in [0.5, 0.6) is 0 Å². The molecule has 2 amide bonds. The Bertz CT molecular complexity index is 988. The number of amides is 2. The smallest absolute Gasteiger partial charge is 0.251 e. The second-order valence-electron chi connectivity index (χ2n) is 7.90. The molecule has 0 aromatic heterocycles. The third-order valence-electron chi connectivity index (χ3n) is 5.96. The van der Waals surface area contributed by atoms with Gasteiger partial charge in [0.15, 0.2) is 0 Å². The summed E-state index contributed by atoms with van der Waals surface area (Å²) >= 11 is 0. The molecule has 1 fully saturated rings. The minimum absolute atomic E-state index is 0.0509. The van der Waals surface area contributed by atoms with Crippen molar-refractivity contribution in [1.82, 2.24) is 5.32 Å². The molecule has 1 atom stereocenters. The second kappa shape index (κ2) is 8.68. The average molecular weight is 403 g/mol. The fourth-order valence-corrected chi connectivity index (χ4v) is 4.14. The zero-order valence-electron chi connectivity index (χ0n) is 17.1. The first-order valence-electron chi connectivity index (χ1n) is 10.4. The van der Waals surface area contributed by atoms with Crippen molar-refractivity contribution in [3.63, 3.8) is 0 Å². The number of ether oxygens (including phenoxy) is 1. The van der Waals surface area contributed by atoms with Crippen molar-refractivity contribution < 1.29 is 14.3 Å². The van der Waals surface area contributed by atoms with E-state index in [1.54, 1.807) is 24.3 Å². The number of nitrogens with zero attached hydrogens (tertiary/aromatic N) is 2. The molecule has 2 aromatic rings. The number of fused-ring (bicyclic) bond motifs is 1. The maximum Gasteiger partial charge on any atom is 0.251 e. The van der Waals surface area contributed by atoms with Gasteiger partial charge in [0, 0.05) is 36.9 Å². The minimum Gasteiger partial charge on any atom is -0.381 e. The number of rotatable bonds is 4. The maximum atomic E-state index is 12.9. The van der Waals surface area contributed by atoms with Crippen molar-refractivity contribution in [1.29, 1.82) is 5.26 Å². The monoisotopic (exact) mass is 403 g/mol. The summed E-state index contributed by atoms with van der Waals surface area (Å²) in [5.41, 5.74) is 4.19. The van der Waals surface area contributed by atoms with Crippen LogP contribution in [0.4, 0.5) is 5.69 Å². The van der Waals surface area contributed by atoms with E-state index in [1.807, 2.05) is 30.0 Å². The lowest BCUT2D eigenvalue weighted by molar-refractivity contribution is -0.125. The number of nitrogens with one attached hydrogen (secondary N) is 1. The van der Waals surface area contributed by atoms with Gasteiger partial charge in [-0.25, -0.2) is 0 Å². The van der Waals surface area contributed by atoms with Crippen LogP contribution in [0.1, 0.15) is 52.9 Å². The lowest BCUT2D eigenvalue weighted by Gasteiger charge is -2.27. The van der Waals surface area contributed by atoms with Crippen LogP contribution < -0.4 is 10.2 Å². The van der Waals surface area contributed by atoms with Crippen LogP contribution in [0.25, 0.3) is 0 Å². The summed E-state index contributed by atoms with van der Waals surface area (Å²) in [4.78, 5) is 27.4. The Hall–Kier alpha value is -3.17. The molecule has 2 aromatic carbocycles. The number of hydrogen-bond acceptors (Lipinski definition) is 4. The Kier molecular flexibility index (Phi) is 5.82. The molecule has 2 heterocycles. The Balaban J connectivity index is 1.44. The zero-order valence-corrected chi connectivity index (χ0v) is 17.1. The van der Waals surface area contributed by atoms with E-state index in [4.69, 9.17) is 10.00 Å². The number of hydrogen-bond donors (Lipinski definition) is 1. The highest BCUT2D eigenvalue weighted by molar-refractivity contribution is 5.97. The number of anilines is 1. The summed E-state index contributed by atoms with van der Waals surface area (Å²) in [7, 11) is 0. The summed E-state index contributed by atoms with van der Waals surface area (Å²) < 4.78 is 5.38. The summed E-state index contributed by atoms with van der Waals surface area (Å²) in [5, 5.41) is 11.9. The van der Waals surface area contributed by atoms with Crippen LogP contribution >= 0.6 is 0 Å².